The third kappa shape index (κ3) is 3.44. The summed E-state index contributed by atoms with van der Waals surface area (Å²) >= 11 is 3.46. The van der Waals surface area contributed by atoms with E-state index in [0.717, 1.165) is 26.9 Å². The molecule has 1 N–H and O–H groups in total. The van der Waals surface area contributed by atoms with Crippen molar-refractivity contribution in [3.05, 3.63) is 52.3 Å². The van der Waals surface area contributed by atoms with E-state index in [1.54, 1.807) is 6.20 Å². The molecular weight excluding hydrogens is 380 g/mol. The molecule has 1 aromatic carbocycles. The van der Waals surface area contributed by atoms with Crippen LogP contribution in [0.15, 0.2) is 41.0 Å². The highest BCUT2D eigenvalue weighted by Crippen LogP contribution is 2.27. The van der Waals surface area contributed by atoms with Gasteiger partial charge in [-0.15, -0.1) is 0 Å². The largest absolute Gasteiger partial charge is 0.321 e. The second-order valence-electron chi connectivity index (χ2n) is 6.60. The molecule has 0 radical (unpaired) electrons. The Hall–Kier alpha value is -2.21. The Kier molecular flexibility index (Phi) is 4.90. The number of halogens is 1. The van der Waals surface area contributed by atoms with Gasteiger partial charge in [0.05, 0.1) is 22.8 Å². The minimum absolute atomic E-state index is 0.162. The third-order valence-corrected chi connectivity index (χ3v) is 4.73. The number of amides is 1. The number of carbonyl (C=O) groups is 1. The van der Waals surface area contributed by atoms with Gasteiger partial charge in [0.1, 0.15) is 0 Å². The van der Waals surface area contributed by atoms with Crippen LogP contribution < -0.4 is 5.32 Å². The van der Waals surface area contributed by atoms with Crippen molar-refractivity contribution in [3.63, 3.8) is 0 Å². The molecule has 1 amide bonds. The molecule has 3 rings (SSSR count). The molecule has 6 heteroatoms. The van der Waals surface area contributed by atoms with Crippen molar-refractivity contribution < 1.29 is 4.79 Å². The zero-order valence-corrected chi connectivity index (χ0v) is 16.3. The van der Waals surface area contributed by atoms with Gasteiger partial charge in [0.2, 0.25) is 0 Å². The maximum atomic E-state index is 12.9. The summed E-state index contributed by atoms with van der Waals surface area (Å²) in [5.74, 6) is 0.0550. The molecule has 0 saturated carbocycles. The summed E-state index contributed by atoms with van der Waals surface area (Å²) in [4.78, 5) is 17.7. The van der Waals surface area contributed by atoms with Crippen molar-refractivity contribution >= 4 is 38.6 Å². The minimum atomic E-state index is -0.162. The van der Waals surface area contributed by atoms with Crippen LogP contribution in [0.3, 0.4) is 0 Å². The molecule has 3 aromatic rings. The standard InChI is InChI=1S/C19H21BrN4O/c1-11(2)17-9-13(14-10-21-24(12(3)4)18(14)22-17)19(25)23-16-8-6-5-7-15(16)20/h5-12H,1-4H3,(H,23,25). The number of aromatic nitrogens is 3. The van der Waals surface area contributed by atoms with E-state index in [2.05, 4.69) is 54.0 Å². The molecule has 25 heavy (non-hydrogen) atoms. The molecule has 2 heterocycles. The monoisotopic (exact) mass is 400 g/mol. The fraction of sp³-hybridized carbons (Fsp3) is 0.316. The van der Waals surface area contributed by atoms with E-state index in [0.29, 0.717) is 5.56 Å². The molecule has 0 atom stereocenters. The van der Waals surface area contributed by atoms with Gasteiger partial charge >= 0.3 is 0 Å². The van der Waals surface area contributed by atoms with Crippen LogP contribution in [0.1, 0.15) is 55.7 Å². The number of nitrogens with one attached hydrogen (secondary N) is 1. The lowest BCUT2D eigenvalue weighted by atomic mass is 10.0. The highest BCUT2D eigenvalue weighted by atomic mass is 79.9. The number of para-hydroxylation sites is 1. The van der Waals surface area contributed by atoms with Crippen LogP contribution >= 0.6 is 15.9 Å². The molecule has 0 aliphatic carbocycles. The van der Waals surface area contributed by atoms with Gasteiger partial charge in [-0.3, -0.25) is 4.79 Å². The Morgan fingerprint density at radius 1 is 1.20 bits per heavy atom. The molecule has 2 aromatic heterocycles. The highest BCUT2D eigenvalue weighted by molar-refractivity contribution is 9.10. The summed E-state index contributed by atoms with van der Waals surface area (Å²) in [7, 11) is 0. The number of hydrogen-bond donors (Lipinski definition) is 1. The fourth-order valence-corrected chi connectivity index (χ4v) is 3.04. The quantitative estimate of drug-likeness (QED) is 0.658. The first-order chi connectivity index (χ1) is 11.9. The predicted octanol–water partition coefficient (Wildman–Crippen LogP) is 5.15. The number of pyridine rings is 1. The summed E-state index contributed by atoms with van der Waals surface area (Å²) in [6.45, 7) is 8.24. The second kappa shape index (κ2) is 6.96. The van der Waals surface area contributed by atoms with E-state index < -0.39 is 0 Å². The molecule has 0 aliphatic heterocycles. The van der Waals surface area contributed by atoms with Crippen molar-refractivity contribution in [2.24, 2.45) is 0 Å². The molecular formula is C19H21BrN4O. The van der Waals surface area contributed by atoms with Crippen LogP contribution in [-0.2, 0) is 0 Å². The summed E-state index contributed by atoms with van der Waals surface area (Å²) in [5.41, 5.74) is 2.96. The molecule has 0 unspecified atom stereocenters. The van der Waals surface area contributed by atoms with Crippen LogP contribution in [0.5, 0.6) is 0 Å². The lowest BCUT2D eigenvalue weighted by molar-refractivity contribution is 0.102. The van der Waals surface area contributed by atoms with Crippen LogP contribution in [0, 0.1) is 0 Å². The SMILES string of the molecule is CC(C)c1cc(C(=O)Nc2ccccc2Br)c2cnn(C(C)C)c2n1. The smallest absolute Gasteiger partial charge is 0.256 e. The zero-order valence-electron chi connectivity index (χ0n) is 14.7. The van der Waals surface area contributed by atoms with Crippen molar-refractivity contribution in [1.29, 1.82) is 0 Å². The van der Waals surface area contributed by atoms with E-state index in [4.69, 9.17) is 4.98 Å². The van der Waals surface area contributed by atoms with E-state index >= 15 is 0 Å². The predicted molar refractivity (Wildman–Crippen MR) is 104 cm³/mol. The third-order valence-electron chi connectivity index (χ3n) is 4.03. The summed E-state index contributed by atoms with van der Waals surface area (Å²) in [5, 5.41) is 8.17. The average molecular weight is 401 g/mol. The van der Waals surface area contributed by atoms with Crippen LogP contribution in [0.25, 0.3) is 11.0 Å². The van der Waals surface area contributed by atoms with Gasteiger partial charge in [-0.05, 0) is 53.9 Å². The summed E-state index contributed by atoms with van der Waals surface area (Å²) in [6, 6.07) is 9.60. The molecule has 0 spiro atoms. The maximum absolute atomic E-state index is 12.9. The average Bonchev–Trinajstić information content (AvgIpc) is 3.00. The van der Waals surface area contributed by atoms with Crippen LogP contribution in [0.2, 0.25) is 0 Å². The summed E-state index contributed by atoms with van der Waals surface area (Å²) in [6.07, 6.45) is 1.72. The Balaban J connectivity index is 2.11. The van der Waals surface area contributed by atoms with E-state index in [1.165, 1.54) is 0 Å². The number of fused-ring (bicyclic) bond motifs is 1. The Morgan fingerprint density at radius 3 is 2.56 bits per heavy atom. The molecule has 0 aliphatic rings. The number of hydrogen-bond acceptors (Lipinski definition) is 3. The lowest BCUT2D eigenvalue weighted by Crippen LogP contribution is -2.14. The van der Waals surface area contributed by atoms with Gasteiger partial charge in [0.25, 0.3) is 5.91 Å². The zero-order chi connectivity index (χ0) is 18.1. The Bertz CT molecular complexity index is 930. The molecule has 0 fully saturated rings. The van der Waals surface area contributed by atoms with Gasteiger partial charge in [-0.1, -0.05) is 26.0 Å². The maximum Gasteiger partial charge on any atom is 0.256 e. The summed E-state index contributed by atoms with van der Waals surface area (Å²) < 4.78 is 2.70. The first-order valence-corrected chi connectivity index (χ1v) is 9.11. The van der Waals surface area contributed by atoms with Gasteiger partial charge in [0.15, 0.2) is 5.65 Å². The lowest BCUT2D eigenvalue weighted by Gasteiger charge is -2.13. The number of benzene rings is 1. The fourth-order valence-electron chi connectivity index (χ4n) is 2.65. The number of anilines is 1. The molecule has 5 nitrogen and oxygen atoms in total. The molecule has 130 valence electrons. The van der Waals surface area contributed by atoms with Gasteiger partial charge in [0, 0.05) is 16.2 Å². The topological polar surface area (TPSA) is 59.8 Å². The van der Waals surface area contributed by atoms with Crippen LogP contribution in [-0.4, -0.2) is 20.7 Å². The Morgan fingerprint density at radius 2 is 1.92 bits per heavy atom. The van der Waals surface area contributed by atoms with Crippen LogP contribution in [0.4, 0.5) is 5.69 Å². The van der Waals surface area contributed by atoms with Crippen molar-refractivity contribution in [1.82, 2.24) is 14.8 Å². The van der Waals surface area contributed by atoms with E-state index in [-0.39, 0.29) is 17.9 Å². The Labute approximate surface area is 155 Å². The normalized spacial score (nSPS) is 11.5. The van der Waals surface area contributed by atoms with E-state index in [9.17, 15) is 4.79 Å². The van der Waals surface area contributed by atoms with Crippen molar-refractivity contribution in [2.45, 2.75) is 39.7 Å². The number of nitrogens with zero attached hydrogens (tertiary/aromatic N) is 3. The van der Waals surface area contributed by atoms with Gasteiger partial charge < -0.3 is 5.32 Å². The second-order valence-corrected chi connectivity index (χ2v) is 7.46. The molecule has 0 saturated heterocycles. The number of rotatable bonds is 4. The van der Waals surface area contributed by atoms with E-state index in [1.807, 2.05) is 35.0 Å². The van der Waals surface area contributed by atoms with Crippen molar-refractivity contribution in [3.8, 4) is 0 Å². The molecule has 0 bridgehead atoms. The first-order valence-electron chi connectivity index (χ1n) is 8.32. The highest BCUT2D eigenvalue weighted by Gasteiger charge is 2.19. The van der Waals surface area contributed by atoms with Gasteiger partial charge in [-0.25, -0.2) is 9.67 Å². The number of carbonyl (C=O) groups excluding carboxylic acids is 1. The van der Waals surface area contributed by atoms with Crippen molar-refractivity contribution in [2.75, 3.05) is 5.32 Å². The minimum Gasteiger partial charge on any atom is -0.321 e. The first kappa shape index (κ1) is 17.6. The van der Waals surface area contributed by atoms with Gasteiger partial charge in [-0.2, -0.15) is 5.10 Å².